The molecule has 0 saturated heterocycles. The van der Waals surface area contributed by atoms with E-state index in [9.17, 15) is 9.59 Å². The van der Waals surface area contributed by atoms with E-state index in [4.69, 9.17) is 0 Å². The van der Waals surface area contributed by atoms with Crippen LogP contribution in [0.3, 0.4) is 0 Å². The molecule has 0 aromatic carbocycles. The molecule has 45 valence electrons. The molecule has 0 aromatic rings. The molecule has 0 fully saturated rings. The molecular weight excluding hydrogens is 111 g/mol. The average molecular weight is 119 g/mol. The van der Waals surface area contributed by atoms with Crippen molar-refractivity contribution < 1.29 is 9.59 Å². The third-order valence-corrected chi connectivity index (χ3v) is 0.641. The summed E-state index contributed by atoms with van der Waals surface area (Å²) in [6, 6.07) is 0. The Kier molecular flexibility index (Phi) is 9.79. The monoisotopic (exact) mass is 119 g/mol. The van der Waals surface area contributed by atoms with Gasteiger partial charge in [-0.15, -0.1) is 6.58 Å². The molecule has 0 rings (SSSR count). The first-order chi connectivity index (χ1) is 3.81. The van der Waals surface area contributed by atoms with E-state index >= 15 is 0 Å². The molecule has 2 nitrogen and oxygen atoms in total. The number of carbonyl (C=O) groups is 1. The van der Waals surface area contributed by atoms with E-state index < -0.39 is 0 Å². The van der Waals surface area contributed by atoms with Crippen molar-refractivity contribution in [2.45, 2.75) is 12.8 Å². The van der Waals surface area contributed by atoms with Gasteiger partial charge in [0.2, 0.25) is 6.29 Å². The summed E-state index contributed by atoms with van der Waals surface area (Å²) in [6.45, 7) is 3.33. The topological polar surface area (TPSA) is 34.1 Å². The van der Waals surface area contributed by atoms with Crippen molar-refractivity contribution in [2.75, 3.05) is 0 Å². The molecule has 0 spiro atoms. The molecule has 0 aliphatic heterocycles. The van der Waals surface area contributed by atoms with Crippen molar-refractivity contribution in [3.05, 3.63) is 12.7 Å². The summed E-state index contributed by atoms with van der Waals surface area (Å²) >= 11 is 0. The molecule has 0 aliphatic rings. The summed E-state index contributed by atoms with van der Waals surface area (Å²) in [5, 5.41) is 0. The van der Waals surface area contributed by atoms with Crippen molar-refractivity contribution in [1.29, 1.82) is 0 Å². The third kappa shape index (κ3) is 7.68. The summed E-state index contributed by atoms with van der Waals surface area (Å²) in [7, 11) is 0. The van der Waals surface area contributed by atoms with Gasteiger partial charge in [-0.2, -0.15) is 0 Å². The van der Waals surface area contributed by atoms with E-state index in [1.165, 1.54) is 12.4 Å². The fourth-order valence-electron chi connectivity index (χ4n) is 0.314. The summed E-state index contributed by atoms with van der Waals surface area (Å²) in [5.74, 6) is -0.130. The Morgan fingerprint density at radius 1 is 1.67 bits per heavy atom. The molecule has 9 heavy (non-hydrogen) atoms. The van der Waals surface area contributed by atoms with Crippen LogP contribution in [0.1, 0.15) is 12.8 Å². The van der Waals surface area contributed by atoms with E-state index in [1.54, 1.807) is 0 Å². The van der Waals surface area contributed by atoms with Crippen LogP contribution in [0, 0.1) is 0 Å². The molecular formula is C6H8LiO2. The molecule has 0 bridgehead atoms. The Hall–Kier alpha value is -0.323. The van der Waals surface area contributed by atoms with Gasteiger partial charge in [0.25, 0.3) is 0 Å². The molecule has 1 radical (unpaired) electrons. The predicted octanol–water partition coefficient (Wildman–Crippen LogP) is -0.0171. The number of rotatable bonds is 4. The number of hydrogen-bond acceptors (Lipinski definition) is 2. The summed E-state index contributed by atoms with van der Waals surface area (Å²) in [4.78, 5) is 19.8. The molecule has 3 heteroatoms. The van der Waals surface area contributed by atoms with Crippen LogP contribution in [0.25, 0.3) is 0 Å². The van der Waals surface area contributed by atoms with Gasteiger partial charge in [0, 0.05) is 6.42 Å². The SMILES string of the molecule is C=CCC(=O)C[C]=O.[LiH]. The maximum atomic E-state index is 10.3. The fraction of sp³-hybridized carbons (Fsp3) is 0.333. The number of hydrogen-bond donors (Lipinski definition) is 0. The van der Waals surface area contributed by atoms with Crippen LogP contribution < -0.4 is 0 Å². The van der Waals surface area contributed by atoms with Crippen LogP contribution in [0.5, 0.6) is 0 Å². The second-order valence-corrected chi connectivity index (χ2v) is 1.35. The Labute approximate surface area is 66.5 Å². The second kappa shape index (κ2) is 7.68. The quantitative estimate of drug-likeness (QED) is 0.296. The molecule has 0 unspecified atom stereocenters. The first kappa shape index (κ1) is 11.5. The van der Waals surface area contributed by atoms with Gasteiger partial charge in [0.1, 0.15) is 5.78 Å². The van der Waals surface area contributed by atoms with E-state index in [2.05, 4.69) is 6.58 Å². The van der Waals surface area contributed by atoms with Crippen LogP contribution in [0.2, 0.25) is 0 Å². The van der Waals surface area contributed by atoms with Crippen LogP contribution in [0.15, 0.2) is 12.7 Å². The zero-order valence-electron chi connectivity index (χ0n) is 4.52. The van der Waals surface area contributed by atoms with Crippen LogP contribution in [-0.4, -0.2) is 30.9 Å². The average Bonchev–Trinajstić information content (AvgIpc) is 1.68. The fourth-order valence-corrected chi connectivity index (χ4v) is 0.314. The first-order valence-corrected chi connectivity index (χ1v) is 2.29. The van der Waals surface area contributed by atoms with Gasteiger partial charge in [-0.05, 0) is 0 Å². The summed E-state index contributed by atoms with van der Waals surface area (Å²) in [6.07, 6.45) is 3.14. The summed E-state index contributed by atoms with van der Waals surface area (Å²) in [5.41, 5.74) is 0. The first-order valence-electron chi connectivity index (χ1n) is 2.29. The van der Waals surface area contributed by atoms with Crippen LogP contribution in [-0.2, 0) is 9.59 Å². The molecule has 0 N–H and O–H groups in total. The van der Waals surface area contributed by atoms with Crippen molar-refractivity contribution in [1.82, 2.24) is 0 Å². The molecule has 0 amide bonds. The van der Waals surface area contributed by atoms with Gasteiger partial charge >= 0.3 is 18.9 Å². The second-order valence-electron chi connectivity index (χ2n) is 1.35. The van der Waals surface area contributed by atoms with Crippen molar-refractivity contribution in [3.63, 3.8) is 0 Å². The number of allylic oxidation sites excluding steroid dienone is 1. The Morgan fingerprint density at radius 2 is 2.22 bits per heavy atom. The van der Waals surface area contributed by atoms with Gasteiger partial charge in [-0.1, -0.05) is 6.08 Å². The van der Waals surface area contributed by atoms with E-state index in [0.29, 0.717) is 0 Å². The minimum absolute atomic E-state index is 0. The van der Waals surface area contributed by atoms with E-state index in [-0.39, 0.29) is 37.5 Å². The van der Waals surface area contributed by atoms with Gasteiger partial charge < -0.3 is 0 Å². The molecule has 0 heterocycles. The van der Waals surface area contributed by atoms with Gasteiger partial charge in [0.15, 0.2) is 0 Å². The van der Waals surface area contributed by atoms with Gasteiger partial charge in [-0.25, -0.2) is 0 Å². The van der Waals surface area contributed by atoms with Crippen molar-refractivity contribution in [2.24, 2.45) is 0 Å². The normalized spacial score (nSPS) is 7.11. The summed E-state index contributed by atoms with van der Waals surface area (Å²) < 4.78 is 0. The zero-order chi connectivity index (χ0) is 6.41. The van der Waals surface area contributed by atoms with E-state index in [0.717, 1.165) is 0 Å². The Balaban J connectivity index is 0. The van der Waals surface area contributed by atoms with E-state index in [1.807, 2.05) is 0 Å². The van der Waals surface area contributed by atoms with Crippen LogP contribution in [0.4, 0.5) is 0 Å². The predicted molar refractivity (Wildman–Crippen MR) is 37.3 cm³/mol. The number of Topliss-reactive ketones (excluding diaryl/α,β-unsaturated/α-hetero) is 1. The third-order valence-electron chi connectivity index (χ3n) is 0.641. The minimum atomic E-state index is -0.130. The van der Waals surface area contributed by atoms with Crippen LogP contribution >= 0.6 is 0 Å². The van der Waals surface area contributed by atoms with Gasteiger partial charge in [0.05, 0.1) is 6.42 Å². The molecule has 0 saturated carbocycles. The molecule has 0 aliphatic carbocycles. The zero-order valence-corrected chi connectivity index (χ0v) is 4.52. The standard InChI is InChI=1S/C6H7O2.Li.H/c1-2-3-6(8)4-5-7;;/h2H,1,3-4H2;;. The van der Waals surface area contributed by atoms with Crippen molar-refractivity contribution in [3.8, 4) is 0 Å². The molecule has 0 aromatic heterocycles. The molecule has 0 atom stereocenters. The maximum absolute atomic E-state index is 10.3. The Bertz CT molecular complexity index is 97.6. The number of ketones is 1. The Morgan fingerprint density at radius 3 is 2.56 bits per heavy atom. The van der Waals surface area contributed by atoms with Crippen molar-refractivity contribution >= 4 is 30.9 Å². The number of carbonyl (C=O) groups excluding carboxylic acids is 2. The van der Waals surface area contributed by atoms with Gasteiger partial charge in [-0.3, -0.25) is 9.59 Å².